The van der Waals surface area contributed by atoms with Crippen LogP contribution in [-0.4, -0.2) is 50.2 Å². The van der Waals surface area contributed by atoms with Crippen molar-refractivity contribution in [1.82, 2.24) is 10.2 Å². The first-order valence-corrected chi connectivity index (χ1v) is 7.63. The Morgan fingerprint density at radius 1 is 1.33 bits per heavy atom. The van der Waals surface area contributed by atoms with Crippen molar-refractivity contribution in [2.75, 3.05) is 33.4 Å². The molecule has 1 N–H and O–H groups in total. The van der Waals surface area contributed by atoms with Crippen LogP contribution in [0.5, 0.6) is 11.5 Å². The number of nitrogens with one attached hydrogen (secondary N) is 1. The van der Waals surface area contributed by atoms with E-state index >= 15 is 0 Å². The molecule has 0 bridgehead atoms. The summed E-state index contributed by atoms with van der Waals surface area (Å²) in [5.41, 5.74) is 0.588. The van der Waals surface area contributed by atoms with Gasteiger partial charge in [-0.2, -0.15) is 0 Å². The lowest BCUT2D eigenvalue weighted by atomic mass is 10.0. The molecule has 5 heteroatoms. The molecular weight excluding hydrogens is 268 g/mol. The van der Waals surface area contributed by atoms with Gasteiger partial charge in [-0.3, -0.25) is 4.79 Å². The van der Waals surface area contributed by atoms with Gasteiger partial charge in [0.15, 0.2) is 11.5 Å². The molecule has 1 atom stereocenters. The number of rotatable bonds is 3. The van der Waals surface area contributed by atoms with Gasteiger partial charge in [0.25, 0.3) is 5.91 Å². The molecule has 5 nitrogen and oxygen atoms in total. The van der Waals surface area contributed by atoms with Crippen LogP contribution in [0.3, 0.4) is 0 Å². The fourth-order valence-electron chi connectivity index (χ4n) is 2.94. The minimum absolute atomic E-state index is 0.00952. The van der Waals surface area contributed by atoms with Gasteiger partial charge in [-0.1, -0.05) is 12.5 Å². The topological polar surface area (TPSA) is 50.8 Å². The van der Waals surface area contributed by atoms with Crippen LogP contribution in [0, 0.1) is 0 Å². The van der Waals surface area contributed by atoms with Gasteiger partial charge in [0.05, 0.1) is 5.56 Å². The largest absolute Gasteiger partial charge is 0.486 e. The molecule has 114 valence electrons. The number of piperidine rings is 1. The van der Waals surface area contributed by atoms with Crippen LogP contribution in [-0.2, 0) is 0 Å². The first-order chi connectivity index (χ1) is 10.3. The smallest absolute Gasteiger partial charge is 0.257 e. The molecule has 0 aliphatic carbocycles. The van der Waals surface area contributed by atoms with E-state index in [1.807, 2.05) is 19.2 Å². The summed E-state index contributed by atoms with van der Waals surface area (Å²) in [6.45, 7) is 2.80. The number of carbonyl (C=O) groups is 1. The van der Waals surface area contributed by atoms with E-state index in [1.165, 1.54) is 12.8 Å². The molecule has 0 saturated carbocycles. The Morgan fingerprint density at radius 3 is 3.00 bits per heavy atom. The minimum atomic E-state index is -0.00952. The van der Waals surface area contributed by atoms with Crippen LogP contribution in [0.15, 0.2) is 18.2 Å². The van der Waals surface area contributed by atoms with E-state index in [9.17, 15) is 4.79 Å². The van der Waals surface area contributed by atoms with E-state index in [0.29, 0.717) is 36.3 Å². The summed E-state index contributed by atoms with van der Waals surface area (Å²) in [5.74, 6) is 1.23. The van der Waals surface area contributed by atoms with Crippen molar-refractivity contribution >= 4 is 5.91 Å². The highest BCUT2D eigenvalue weighted by Crippen LogP contribution is 2.34. The second-order valence-electron chi connectivity index (χ2n) is 5.66. The standard InChI is InChI=1S/C16H22N2O3/c1-18(11-12-5-2-3-8-17-12)16(19)13-6-4-7-14-15(13)21-10-9-20-14/h4,6-7,12,17H,2-3,5,8-11H2,1H3/t12-/m0/s1. The quantitative estimate of drug-likeness (QED) is 0.920. The summed E-state index contributed by atoms with van der Waals surface area (Å²) in [6, 6.07) is 5.88. The second-order valence-corrected chi connectivity index (χ2v) is 5.66. The predicted molar refractivity (Wildman–Crippen MR) is 80.0 cm³/mol. The number of benzene rings is 1. The molecule has 1 aromatic rings. The third-order valence-electron chi connectivity index (χ3n) is 4.05. The van der Waals surface area contributed by atoms with Crippen molar-refractivity contribution in [3.63, 3.8) is 0 Å². The molecule has 0 aromatic heterocycles. The van der Waals surface area contributed by atoms with Gasteiger partial charge in [-0.25, -0.2) is 0 Å². The van der Waals surface area contributed by atoms with Gasteiger partial charge in [0.2, 0.25) is 0 Å². The van der Waals surface area contributed by atoms with Crippen LogP contribution in [0.4, 0.5) is 0 Å². The Hall–Kier alpha value is -1.75. The van der Waals surface area contributed by atoms with E-state index in [2.05, 4.69) is 5.32 Å². The van der Waals surface area contributed by atoms with E-state index in [1.54, 1.807) is 11.0 Å². The zero-order valence-electron chi connectivity index (χ0n) is 12.4. The molecule has 1 amide bonds. The maximum Gasteiger partial charge on any atom is 0.257 e. The number of amides is 1. The second kappa shape index (κ2) is 6.35. The monoisotopic (exact) mass is 290 g/mol. The zero-order valence-corrected chi connectivity index (χ0v) is 12.4. The van der Waals surface area contributed by atoms with E-state index in [0.717, 1.165) is 19.5 Å². The number of nitrogens with zero attached hydrogens (tertiary/aromatic N) is 1. The molecule has 0 spiro atoms. The normalized spacial score (nSPS) is 20.9. The molecular formula is C16H22N2O3. The van der Waals surface area contributed by atoms with E-state index < -0.39 is 0 Å². The van der Waals surface area contributed by atoms with Gasteiger partial charge in [-0.15, -0.1) is 0 Å². The molecule has 1 aromatic carbocycles. The van der Waals surface area contributed by atoms with Crippen molar-refractivity contribution in [1.29, 1.82) is 0 Å². The van der Waals surface area contributed by atoms with Crippen molar-refractivity contribution in [2.45, 2.75) is 25.3 Å². The summed E-state index contributed by atoms with van der Waals surface area (Å²) in [6.07, 6.45) is 3.59. The lowest BCUT2D eigenvalue weighted by Gasteiger charge is -2.29. The minimum Gasteiger partial charge on any atom is -0.486 e. The number of hydrogen-bond donors (Lipinski definition) is 1. The molecule has 2 heterocycles. The first kappa shape index (κ1) is 14.2. The Morgan fingerprint density at radius 2 is 2.19 bits per heavy atom. The van der Waals surface area contributed by atoms with Gasteiger partial charge in [0.1, 0.15) is 13.2 Å². The highest BCUT2D eigenvalue weighted by Gasteiger charge is 2.24. The zero-order chi connectivity index (χ0) is 14.7. The average Bonchev–Trinajstić information content (AvgIpc) is 2.54. The summed E-state index contributed by atoms with van der Waals surface area (Å²) in [4.78, 5) is 14.4. The van der Waals surface area contributed by atoms with E-state index in [-0.39, 0.29) is 5.91 Å². The highest BCUT2D eigenvalue weighted by molar-refractivity contribution is 5.97. The number of hydrogen-bond acceptors (Lipinski definition) is 4. The number of carbonyl (C=O) groups excluding carboxylic acids is 1. The summed E-state index contributed by atoms with van der Waals surface area (Å²) < 4.78 is 11.2. The van der Waals surface area contributed by atoms with Crippen LogP contribution in [0.25, 0.3) is 0 Å². The molecule has 21 heavy (non-hydrogen) atoms. The molecule has 0 radical (unpaired) electrons. The third-order valence-corrected chi connectivity index (χ3v) is 4.05. The lowest BCUT2D eigenvalue weighted by molar-refractivity contribution is 0.0765. The van der Waals surface area contributed by atoms with Crippen molar-refractivity contribution < 1.29 is 14.3 Å². The van der Waals surface area contributed by atoms with Crippen molar-refractivity contribution in [3.05, 3.63) is 23.8 Å². The molecule has 1 fully saturated rings. The summed E-state index contributed by atoms with van der Waals surface area (Å²) in [7, 11) is 1.85. The molecule has 1 saturated heterocycles. The number of likely N-dealkylation sites (N-methyl/N-ethyl adjacent to an activating group) is 1. The fourth-order valence-corrected chi connectivity index (χ4v) is 2.94. The Labute approximate surface area is 125 Å². The van der Waals surface area contributed by atoms with Crippen LogP contribution >= 0.6 is 0 Å². The maximum atomic E-state index is 12.7. The van der Waals surface area contributed by atoms with Gasteiger partial charge in [-0.05, 0) is 31.5 Å². The summed E-state index contributed by atoms with van der Waals surface area (Å²) in [5, 5.41) is 3.47. The molecule has 0 unspecified atom stereocenters. The van der Waals surface area contributed by atoms with Gasteiger partial charge in [0, 0.05) is 19.6 Å². The fraction of sp³-hybridized carbons (Fsp3) is 0.562. The Bertz CT molecular complexity index is 512. The van der Waals surface area contributed by atoms with Crippen LogP contribution in [0.2, 0.25) is 0 Å². The Balaban J connectivity index is 1.72. The molecule has 3 rings (SSSR count). The Kier molecular flexibility index (Phi) is 4.29. The van der Waals surface area contributed by atoms with Crippen molar-refractivity contribution in [2.24, 2.45) is 0 Å². The van der Waals surface area contributed by atoms with Gasteiger partial charge < -0.3 is 19.7 Å². The number of ether oxygens (including phenoxy) is 2. The SMILES string of the molecule is CN(C[C@@H]1CCCCN1)C(=O)c1cccc2c1OCCO2. The number of para-hydroxylation sites is 1. The maximum absolute atomic E-state index is 12.7. The third kappa shape index (κ3) is 3.13. The van der Waals surface area contributed by atoms with Crippen molar-refractivity contribution in [3.8, 4) is 11.5 Å². The summed E-state index contributed by atoms with van der Waals surface area (Å²) >= 11 is 0. The highest BCUT2D eigenvalue weighted by atomic mass is 16.6. The van der Waals surface area contributed by atoms with Gasteiger partial charge >= 0.3 is 0 Å². The average molecular weight is 290 g/mol. The molecule has 2 aliphatic rings. The lowest BCUT2D eigenvalue weighted by Crippen LogP contribution is -2.44. The number of fused-ring (bicyclic) bond motifs is 1. The van der Waals surface area contributed by atoms with Crippen LogP contribution < -0.4 is 14.8 Å². The molecule has 2 aliphatic heterocycles. The predicted octanol–water partition coefficient (Wildman–Crippen LogP) is 1.67. The van der Waals surface area contributed by atoms with Crippen LogP contribution in [0.1, 0.15) is 29.6 Å². The van der Waals surface area contributed by atoms with E-state index in [4.69, 9.17) is 9.47 Å². The first-order valence-electron chi connectivity index (χ1n) is 7.63.